The Labute approximate surface area is 190 Å². The zero-order valence-electron chi connectivity index (χ0n) is 18.5. The molecule has 3 aromatic carbocycles. The van der Waals surface area contributed by atoms with Gasteiger partial charge in [0.1, 0.15) is 0 Å². The van der Waals surface area contributed by atoms with Crippen LogP contribution in [-0.2, 0) is 0 Å². The van der Waals surface area contributed by atoms with E-state index in [2.05, 4.69) is 110 Å². The molecule has 0 bridgehead atoms. The molecule has 4 aromatic rings. The molecule has 1 aromatic heterocycles. The summed E-state index contributed by atoms with van der Waals surface area (Å²) < 4.78 is 2.38. The first-order valence-electron chi connectivity index (χ1n) is 11.2. The first kappa shape index (κ1) is 20.1. The summed E-state index contributed by atoms with van der Waals surface area (Å²) in [5.41, 5.74) is 8.32. The minimum atomic E-state index is 0.484. The number of para-hydroxylation sites is 2. The zero-order chi connectivity index (χ0) is 22.1. The van der Waals surface area contributed by atoms with Crippen LogP contribution in [-0.4, -0.2) is 4.57 Å². The number of allylic oxidation sites excluding steroid dienone is 8. The maximum Gasteiger partial charge on any atom is 0.0541 e. The SMILES string of the molecule is C=C/C=C\C(=C)c1cc(C2=CC=CCC2C)cc(-n2c3ccccc3c3ccccc32)c1. The molecule has 0 saturated carbocycles. The van der Waals surface area contributed by atoms with Gasteiger partial charge in [-0.1, -0.05) is 92.9 Å². The average molecular weight is 414 g/mol. The molecular formula is C31H27N. The van der Waals surface area contributed by atoms with Crippen molar-refractivity contribution in [3.8, 4) is 5.69 Å². The summed E-state index contributed by atoms with van der Waals surface area (Å²) in [5, 5.41) is 2.54. The Morgan fingerprint density at radius 1 is 0.969 bits per heavy atom. The molecule has 1 nitrogen and oxygen atoms in total. The van der Waals surface area contributed by atoms with Crippen molar-refractivity contribution in [1.82, 2.24) is 4.57 Å². The molecular weight excluding hydrogens is 386 g/mol. The van der Waals surface area contributed by atoms with Gasteiger partial charge in [0.05, 0.1) is 11.0 Å². The molecule has 1 atom stereocenters. The van der Waals surface area contributed by atoms with E-state index in [0.717, 1.165) is 23.2 Å². The molecule has 0 saturated heterocycles. The number of hydrogen-bond acceptors (Lipinski definition) is 0. The number of fused-ring (bicyclic) bond motifs is 3. The number of nitrogens with zero attached hydrogens (tertiary/aromatic N) is 1. The summed E-state index contributed by atoms with van der Waals surface area (Å²) in [5.74, 6) is 0.484. The maximum atomic E-state index is 4.34. The Kier molecular flexibility index (Phi) is 5.25. The molecule has 1 aliphatic carbocycles. The van der Waals surface area contributed by atoms with E-state index >= 15 is 0 Å². The van der Waals surface area contributed by atoms with E-state index in [1.165, 1.54) is 32.9 Å². The highest BCUT2D eigenvalue weighted by atomic mass is 15.0. The lowest BCUT2D eigenvalue weighted by atomic mass is 9.86. The van der Waals surface area contributed by atoms with Crippen molar-refractivity contribution in [2.75, 3.05) is 0 Å². The third-order valence-corrected chi connectivity index (χ3v) is 6.33. The lowest BCUT2D eigenvalue weighted by Crippen LogP contribution is -2.03. The molecule has 156 valence electrons. The highest BCUT2D eigenvalue weighted by Crippen LogP contribution is 2.36. The molecule has 5 rings (SSSR count). The van der Waals surface area contributed by atoms with Gasteiger partial charge in [-0.05, 0) is 64.9 Å². The predicted molar refractivity (Wildman–Crippen MR) is 140 cm³/mol. The second kappa shape index (κ2) is 8.36. The second-order valence-electron chi connectivity index (χ2n) is 8.45. The van der Waals surface area contributed by atoms with E-state index in [9.17, 15) is 0 Å². The van der Waals surface area contributed by atoms with Crippen LogP contribution >= 0.6 is 0 Å². The van der Waals surface area contributed by atoms with Crippen LogP contribution in [0.5, 0.6) is 0 Å². The summed E-state index contributed by atoms with van der Waals surface area (Å²) in [4.78, 5) is 0. The number of rotatable bonds is 5. The van der Waals surface area contributed by atoms with Crippen molar-refractivity contribution in [2.24, 2.45) is 5.92 Å². The average Bonchev–Trinajstić information content (AvgIpc) is 3.17. The minimum absolute atomic E-state index is 0.484. The minimum Gasteiger partial charge on any atom is -0.309 e. The summed E-state index contributed by atoms with van der Waals surface area (Å²) in [7, 11) is 0. The van der Waals surface area contributed by atoms with Crippen LogP contribution in [0.1, 0.15) is 24.5 Å². The predicted octanol–water partition coefficient (Wildman–Crippen LogP) is 8.52. The smallest absolute Gasteiger partial charge is 0.0541 e. The molecule has 0 aliphatic heterocycles. The van der Waals surface area contributed by atoms with Crippen molar-refractivity contribution >= 4 is 33.0 Å². The highest BCUT2D eigenvalue weighted by Gasteiger charge is 2.17. The van der Waals surface area contributed by atoms with Crippen LogP contribution in [0.4, 0.5) is 0 Å². The molecule has 0 spiro atoms. The molecule has 32 heavy (non-hydrogen) atoms. The van der Waals surface area contributed by atoms with Gasteiger partial charge in [0.15, 0.2) is 0 Å². The van der Waals surface area contributed by atoms with Crippen molar-refractivity contribution in [2.45, 2.75) is 13.3 Å². The molecule has 1 aliphatic rings. The van der Waals surface area contributed by atoms with Crippen LogP contribution in [0.2, 0.25) is 0 Å². The van der Waals surface area contributed by atoms with Gasteiger partial charge < -0.3 is 4.57 Å². The number of hydrogen-bond donors (Lipinski definition) is 0. The quantitative estimate of drug-likeness (QED) is 0.289. The van der Waals surface area contributed by atoms with Gasteiger partial charge in [0.25, 0.3) is 0 Å². The monoisotopic (exact) mass is 413 g/mol. The summed E-state index contributed by atoms with van der Waals surface area (Å²) >= 11 is 0. The van der Waals surface area contributed by atoms with E-state index in [4.69, 9.17) is 0 Å². The number of benzene rings is 3. The van der Waals surface area contributed by atoms with Crippen LogP contribution in [0.3, 0.4) is 0 Å². The molecule has 1 heterocycles. The van der Waals surface area contributed by atoms with Gasteiger partial charge in [0.2, 0.25) is 0 Å². The largest absolute Gasteiger partial charge is 0.309 e. The number of aromatic nitrogens is 1. The molecule has 0 fully saturated rings. The van der Waals surface area contributed by atoms with Gasteiger partial charge in [-0.25, -0.2) is 0 Å². The third kappa shape index (κ3) is 3.46. The standard InChI is InChI=1S/C31H27N/c1-4-5-12-22(2)24-19-25(27-14-7-6-13-23(27)3)21-26(20-24)32-30-17-10-8-15-28(30)29-16-9-11-18-31(29)32/h4-12,14-21,23H,1-2,13H2,3H3/b12-5-. The zero-order valence-corrected chi connectivity index (χ0v) is 18.5. The van der Waals surface area contributed by atoms with Crippen molar-refractivity contribution in [3.05, 3.63) is 127 Å². The molecule has 1 unspecified atom stereocenters. The van der Waals surface area contributed by atoms with Crippen LogP contribution in [0.15, 0.2) is 116 Å². The summed E-state index contributed by atoms with van der Waals surface area (Å²) in [6, 6.07) is 24.1. The maximum absolute atomic E-state index is 4.34. The highest BCUT2D eigenvalue weighted by molar-refractivity contribution is 6.09. The van der Waals surface area contributed by atoms with Gasteiger partial charge in [-0.15, -0.1) is 0 Å². The Hall–Kier alpha value is -3.84. The van der Waals surface area contributed by atoms with E-state index in [1.54, 1.807) is 6.08 Å². The van der Waals surface area contributed by atoms with Crippen LogP contribution in [0.25, 0.3) is 38.6 Å². The fourth-order valence-corrected chi connectivity index (χ4v) is 4.70. The van der Waals surface area contributed by atoms with Crippen molar-refractivity contribution in [3.63, 3.8) is 0 Å². The Morgan fingerprint density at radius 3 is 2.31 bits per heavy atom. The van der Waals surface area contributed by atoms with Gasteiger partial charge >= 0.3 is 0 Å². The van der Waals surface area contributed by atoms with Gasteiger partial charge in [-0.2, -0.15) is 0 Å². The third-order valence-electron chi connectivity index (χ3n) is 6.33. The van der Waals surface area contributed by atoms with Gasteiger partial charge in [-0.3, -0.25) is 0 Å². The molecule has 1 heteroatoms. The van der Waals surface area contributed by atoms with Crippen molar-refractivity contribution in [1.29, 1.82) is 0 Å². The second-order valence-corrected chi connectivity index (χ2v) is 8.45. The van der Waals surface area contributed by atoms with E-state index in [-0.39, 0.29) is 0 Å². The van der Waals surface area contributed by atoms with E-state index in [1.807, 2.05) is 12.2 Å². The molecule has 0 radical (unpaired) electrons. The van der Waals surface area contributed by atoms with Crippen LogP contribution < -0.4 is 0 Å². The summed E-state index contributed by atoms with van der Waals surface area (Å²) in [6.45, 7) is 10.4. The van der Waals surface area contributed by atoms with Crippen molar-refractivity contribution < 1.29 is 0 Å². The van der Waals surface area contributed by atoms with Gasteiger partial charge in [0, 0.05) is 16.5 Å². The van der Waals surface area contributed by atoms with Crippen LogP contribution in [0, 0.1) is 5.92 Å². The first-order chi connectivity index (χ1) is 15.7. The fourth-order valence-electron chi connectivity index (χ4n) is 4.70. The lowest BCUT2D eigenvalue weighted by molar-refractivity contribution is 0.758. The first-order valence-corrected chi connectivity index (χ1v) is 11.2. The lowest BCUT2D eigenvalue weighted by Gasteiger charge is -2.20. The fraction of sp³-hybridized carbons (Fsp3) is 0.0968. The Bertz CT molecular complexity index is 1380. The normalized spacial score (nSPS) is 16.0. The molecule has 0 N–H and O–H groups in total. The molecule has 0 amide bonds. The topological polar surface area (TPSA) is 4.93 Å². The Balaban J connectivity index is 1.81. The Morgan fingerprint density at radius 2 is 1.66 bits per heavy atom. The van der Waals surface area contributed by atoms with E-state index < -0.39 is 0 Å². The van der Waals surface area contributed by atoms with E-state index in [0.29, 0.717) is 5.92 Å². The summed E-state index contributed by atoms with van der Waals surface area (Å²) in [6.07, 6.45) is 13.5.